The van der Waals surface area contributed by atoms with E-state index >= 15 is 0 Å². The van der Waals surface area contributed by atoms with Gasteiger partial charge >= 0.3 is 5.97 Å². The first kappa shape index (κ1) is 40.3. The molecule has 56 heavy (non-hydrogen) atoms. The highest BCUT2D eigenvalue weighted by Gasteiger charge is 2.72. The highest BCUT2D eigenvalue weighted by molar-refractivity contribution is 7.95. The zero-order valence-electron chi connectivity index (χ0n) is 36.0. The number of hydrogen-bond donors (Lipinski definition) is 1. The normalized spacial score (nSPS) is 38.9. The van der Waals surface area contributed by atoms with Gasteiger partial charge < -0.3 is 9.84 Å². The molecule has 0 aliphatic heterocycles. The summed E-state index contributed by atoms with van der Waals surface area (Å²) in [5, 5.41) is 16.8. The Morgan fingerprint density at radius 2 is 1.30 bits per heavy atom. The first-order valence-electron chi connectivity index (χ1n) is 22.5. The Morgan fingerprint density at radius 1 is 0.732 bits per heavy atom. The van der Waals surface area contributed by atoms with Crippen molar-refractivity contribution in [2.75, 3.05) is 13.3 Å². The summed E-state index contributed by atoms with van der Waals surface area (Å²) >= 11 is 0. The van der Waals surface area contributed by atoms with Gasteiger partial charge in [0.05, 0.1) is 24.8 Å². The van der Waals surface area contributed by atoms with Crippen molar-refractivity contribution in [2.45, 2.75) is 125 Å². The molecule has 3 nitrogen and oxygen atoms in total. The van der Waals surface area contributed by atoms with Crippen molar-refractivity contribution in [3.05, 3.63) is 91.0 Å². The number of aliphatic hydroxyl groups is 1. The number of carbonyl (C=O) groups excluding carboxylic acids is 1. The van der Waals surface area contributed by atoms with Crippen molar-refractivity contribution < 1.29 is 14.6 Å². The lowest BCUT2D eigenvalue weighted by atomic mass is 9.31. The van der Waals surface area contributed by atoms with Gasteiger partial charge in [0.15, 0.2) is 0 Å². The van der Waals surface area contributed by atoms with Gasteiger partial charge in [-0.3, -0.25) is 4.79 Å². The molecule has 0 unspecified atom stereocenters. The van der Waals surface area contributed by atoms with Gasteiger partial charge in [-0.2, -0.15) is 0 Å². The summed E-state index contributed by atoms with van der Waals surface area (Å²) in [6.07, 6.45) is 13.3. The smallest absolute Gasteiger partial charge is 0.312 e. The van der Waals surface area contributed by atoms with Gasteiger partial charge in [-0.05, 0) is 170 Å². The minimum absolute atomic E-state index is 0.0831. The van der Waals surface area contributed by atoms with E-state index in [1.165, 1.54) is 48.0 Å². The predicted molar refractivity (Wildman–Crippen MR) is 235 cm³/mol. The van der Waals surface area contributed by atoms with E-state index in [4.69, 9.17) is 4.74 Å². The van der Waals surface area contributed by atoms with Crippen molar-refractivity contribution in [1.82, 2.24) is 0 Å². The van der Waals surface area contributed by atoms with Crippen LogP contribution in [0.3, 0.4) is 0 Å². The van der Waals surface area contributed by atoms with Crippen LogP contribution < -0.4 is 15.9 Å². The van der Waals surface area contributed by atoms with Crippen LogP contribution in [-0.2, 0) is 9.53 Å². The van der Waals surface area contributed by atoms with E-state index in [0.29, 0.717) is 35.5 Å². The molecule has 0 bridgehead atoms. The Kier molecular flexibility index (Phi) is 10.6. The number of carbonyl (C=O) groups is 1. The van der Waals surface area contributed by atoms with Crippen LogP contribution in [0.2, 0.25) is 0 Å². The zero-order chi connectivity index (χ0) is 39.7. The van der Waals surface area contributed by atoms with E-state index in [1.807, 2.05) is 0 Å². The first-order valence-corrected chi connectivity index (χ1v) is 24.5. The van der Waals surface area contributed by atoms with Crippen LogP contribution in [0.1, 0.15) is 119 Å². The molecule has 302 valence electrons. The van der Waals surface area contributed by atoms with Crippen molar-refractivity contribution in [3.63, 3.8) is 0 Å². The number of esters is 1. The number of ether oxygens (including phenoxy) is 1. The van der Waals surface area contributed by atoms with Gasteiger partial charge in [0, 0.05) is 0 Å². The first-order chi connectivity index (χ1) is 26.7. The van der Waals surface area contributed by atoms with E-state index in [-0.39, 0.29) is 45.1 Å². The van der Waals surface area contributed by atoms with Crippen LogP contribution in [0.15, 0.2) is 91.0 Å². The summed E-state index contributed by atoms with van der Waals surface area (Å²) < 4.78 is 5.67. The summed E-state index contributed by atoms with van der Waals surface area (Å²) in [5.41, 5.74) is 0.151. The average Bonchev–Trinajstić information content (AvgIpc) is 3.61. The molecule has 0 amide bonds. The Balaban J connectivity index is 1.11. The molecule has 0 heterocycles. The third-order valence-corrected chi connectivity index (χ3v) is 23.2. The van der Waals surface area contributed by atoms with Gasteiger partial charge in [-0.15, -0.1) is 0 Å². The maximum Gasteiger partial charge on any atom is 0.312 e. The maximum absolute atomic E-state index is 13.8. The quantitative estimate of drug-likeness (QED) is 0.174. The van der Waals surface area contributed by atoms with Gasteiger partial charge in [-0.25, -0.2) is 0 Å². The monoisotopic (exact) mass is 776 g/mol. The number of rotatable bonds is 9. The second-order valence-electron chi connectivity index (χ2n) is 21.2. The second kappa shape index (κ2) is 14.7. The van der Waals surface area contributed by atoms with Crippen LogP contribution in [0.25, 0.3) is 0 Å². The van der Waals surface area contributed by atoms with E-state index in [2.05, 4.69) is 139 Å². The highest BCUT2D eigenvalue weighted by atomic mass is 31.2. The Morgan fingerprint density at radius 3 is 1.84 bits per heavy atom. The maximum atomic E-state index is 13.8. The van der Waals surface area contributed by atoms with Crippen molar-refractivity contribution in [1.29, 1.82) is 0 Å². The molecule has 0 radical (unpaired) electrons. The Bertz CT molecular complexity index is 1740. The molecule has 11 atom stereocenters. The van der Waals surface area contributed by atoms with Gasteiger partial charge in [-0.1, -0.05) is 103 Å². The number of methoxy groups -OCH3 is 1. The summed E-state index contributed by atoms with van der Waals surface area (Å²) in [7, 11) is -0.297. The second-order valence-corrected chi connectivity index (χ2v) is 24.8. The van der Waals surface area contributed by atoms with Crippen molar-refractivity contribution in [3.8, 4) is 0 Å². The van der Waals surface area contributed by atoms with E-state index < -0.39 is 7.26 Å². The van der Waals surface area contributed by atoms with Crippen LogP contribution in [0, 0.1) is 68.5 Å². The summed E-state index contributed by atoms with van der Waals surface area (Å²) in [6.45, 7) is 17.7. The fourth-order valence-corrected chi connectivity index (χ4v) is 20.4. The highest BCUT2D eigenvalue weighted by Crippen LogP contribution is 2.78. The third-order valence-electron chi connectivity index (χ3n) is 18.7. The largest absolute Gasteiger partial charge is 0.469 e. The molecule has 8 rings (SSSR count). The topological polar surface area (TPSA) is 46.5 Å². The molecule has 5 saturated carbocycles. The van der Waals surface area contributed by atoms with E-state index in [1.54, 1.807) is 7.11 Å². The third kappa shape index (κ3) is 5.80. The van der Waals surface area contributed by atoms with Crippen molar-refractivity contribution >= 4 is 29.1 Å². The molecule has 1 N–H and O–H groups in total. The minimum atomic E-state index is -1.93. The average molecular weight is 776 g/mol. The van der Waals surface area contributed by atoms with Crippen LogP contribution >= 0.6 is 7.26 Å². The predicted octanol–water partition coefficient (Wildman–Crippen LogP) is 11.3. The number of benzene rings is 3. The molecule has 0 spiro atoms. The van der Waals surface area contributed by atoms with Gasteiger partial charge in [0.2, 0.25) is 0 Å². The molecule has 3 aromatic carbocycles. The van der Waals surface area contributed by atoms with Crippen LogP contribution in [-0.4, -0.2) is 30.5 Å². The molecule has 5 aliphatic rings. The van der Waals surface area contributed by atoms with Crippen LogP contribution in [0.5, 0.6) is 0 Å². The molecule has 5 aliphatic carbocycles. The lowest BCUT2D eigenvalue weighted by Gasteiger charge is -2.73. The molecular weight excluding hydrogens is 704 g/mol. The lowest BCUT2D eigenvalue weighted by Crippen LogP contribution is -2.68. The van der Waals surface area contributed by atoms with Crippen LogP contribution in [0.4, 0.5) is 0 Å². The number of hydrogen-bond acceptors (Lipinski definition) is 3. The lowest BCUT2D eigenvalue weighted by molar-refractivity contribution is -0.258. The molecular formula is C52H72O3P+. The van der Waals surface area contributed by atoms with E-state index in [9.17, 15) is 9.90 Å². The van der Waals surface area contributed by atoms with Gasteiger partial charge in [0.1, 0.15) is 23.2 Å². The summed E-state index contributed by atoms with van der Waals surface area (Å²) in [5.74, 6) is 3.67. The Labute approximate surface area is 340 Å². The molecule has 5 fully saturated rings. The minimum Gasteiger partial charge on any atom is -0.469 e. The SMILES string of the molecule is COC(=O)[C@]12CC[C@@H](C(C)C)[C@@H]1[C@H]1CC[C@@H]3[C@@]4(C)C[C@H](CCC[P+](c5ccccc5)(c5ccccc5)c5ccccc5)[C@H](O)C(C)(C)[C@@H]4CC[C@@]3(C)[C@]1(C)CC2. The standard InChI is InChI=1S/C52H72O3P/c1-36(2)41-28-31-52(47(54)55-8)33-32-50(6)42(45(41)52)26-27-44-49(5)35-37(46(53)48(3,4)43(49)29-30-51(44,50)7)19-18-34-56(38-20-12-9-13-21-38,39-22-14-10-15-23-39)40-24-16-11-17-25-40/h9-17,20-25,36-37,41-46,53H,18-19,26-35H2,1-8H3/q+1/t37-,41-,42+,43-,44+,45+,46-,49-,50+,51+,52-/m0/s1. The van der Waals surface area contributed by atoms with Crippen molar-refractivity contribution in [2.24, 2.45) is 68.5 Å². The molecule has 3 aromatic rings. The number of fused-ring (bicyclic) bond motifs is 7. The number of aliphatic hydroxyl groups excluding tert-OH is 1. The fraction of sp³-hybridized carbons (Fsp3) is 0.635. The molecule has 0 aromatic heterocycles. The molecule has 4 heteroatoms. The Hall–Kier alpha value is -2.48. The fourth-order valence-electron chi connectivity index (χ4n) is 16.0. The summed E-state index contributed by atoms with van der Waals surface area (Å²) in [6, 6.07) is 34.0. The zero-order valence-corrected chi connectivity index (χ0v) is 36.9. The summed E-state index contributed by atoms with van der Waals surface area (Å²) in [4.78, 5) is 13.8. The van der Waals surface area contributed by atoms with Gasteiger partial charge in [0.25, 0.3) is 0 Å². The van der Waals surface area contributed by atoms with E-state index in [0.717, 1.165) is 44.7 Å². The molecule has 0 saturated heterocycles.